The molecule has 1 unspecified atom stereocenters. The molecule has 0 aromatic carbocycles. The van der Waals surface area contributed by atoms with Crippen molar-refractivity contribution in [1.82, 2.24) is 14.8 Å². The molecule has 1 saturated heterocycles. The van der Waals surface area contributed by atoms with Gasteiger partial charge in [-0.15, -0.1) is 0 Å². The van der Waals surface area contributed by atoms with E-state index in [0.717, 1.165) is 37.9 Å². The third-order valence-corrected chi connectivity index (χ3v) is 5.26. The second kappa shape index (κ2) is 9.77. The molecular formula is C20H33N3O. The number of hydrogen-bond acceptors (Lipinski definition) is 3. The molecule has 134 valence electrons. The Labute approximate surface area is 147 Å². The van der Waals surface area contributed by atoms with Gasteiger partial charge in [0.25, 0.3) is 0 Å². The molecule has 1 aliphatic heterocycles. The van der Waals surface area contributed by atoms with Crippen molar-refractivity contribution in [3.05, 3.63) is 30.1 Å². The summed E-state index contributed by atoms with van der Waals surface area (Å²) in [5.41, 5.74) is 1.16. The largest absolute Gasteiger partial charge is 0.336 e. The van der Waals surface area contributed by atoms with Crippen molar-refractivity contribution in [2.75, 3.05) is 19.6 Å². The van der Waals surface area contributed by atoms with Gasteiger partial charge in [-0.1, -0.05) is 13.8 Å². The molecule has 1 amide bonds. The van der Waals surface area contributed by atoms with E-state index in [-0.39, 0.29) is 6.04 Å². The van der Waals surface area contributed by atoms with Gasteiger partial charge in [0.1, 0.15) is 0 Å². The molecule has 4 nitrogen and oxygen atoms in total. The lowest BCUT2D eigenvalue weighted by atomic mass is 9.92. The third kappa shape index (κ3) is 5.59. The van der Waals surface area contributed by atoms with E-state index in [1.54, 1.807) is 12.4 Å². The summed E-state index contributed by atoms with van der Waals surface area (Å²) in [7, 11) is 0. The van der Waals surface area contributed by atoms with Crippen molar-refractivity contribution in [1.29, 1.82) is 0 Å². The minimum absolute atomic E-state index is 0.283. The number of carbonyl (C=O) groups is 1. The number of pyridine rings is 1. The van der Waals surface area contributed by atoms with Crippen LogP contribution in [0.2, 0.25) is 0 Å². The Balaban J connectivity index is 1.91. The molecule has 0 bridgehead atoms. The van der Waals surface area contributed by atoms with Gasteiger partial charge in [-0.3, -0.25) is 9.78 Å². The summed E-state index contributed by atoms with van der Waals surface area (Å²) >= 11 is 0. The first-order valence-corrected chi connectivity index (χ1v) is 9.54. The number of rotatable bonds is 8. The van der Waals surface area contributed by atoms with Crippen LogP contribution < -0.4 is 0 Å². The van der Waals surface area contributed by atoms with Crippen LogP contribution in [0.3, 0.4) is 0 Å². The molecule has 24 heavy (non-hydrogen) atoms. The lowest BCUT2D eigenvalue weighted by Gasteiger charge is -2.34. The van der Waals surface area contributed by atoms with Gasteiger partial charge in [-0.05, 0) is 75.9 Å². The average Bonchev–Trinajstić information content (AvgIpc) is 2.61. The molecule has 0 saturated carbocycles. The van der Waals surface area contributed by atoms with Crippen molar-refractivity contribution < 1.29 is 4.79 Å². The van der Waals surface area contributed by atoms with Crippen LogP contribution in [-0.4, -0.2) is 46.4 Å². The number of amides is 1. The summed E-state index contributed by atoms with van der Waals surface area (Å²) in [6.07, 6.45) is 8.85. The van der Waals surface area contributed by atoms with Crippen LogP contribution in [0, 0.1) is 5.92 Å². The van der Waals surface area contributed by atoms with Crippen LogP contribution in [0.4, 0.5) is 0 Å². The molecule has 1 aromatic heterocycles. The second-order valence-corrected chi connectivity index (χ2v) is 7.12. The van der Waals surface area contributed by atoms with E-state index < -0.39 is 0 Å². The monoisotopic (exact) mass is 331 g/mol. The van der Waals surface area contributed by atoms with Gasteiger partial charge < -0.3 is 9.80 Å². The SMILES string of the molecule is CCCN1CCC(CC(=O)N(Cc2ccncc2)C(C)CC)CC1. The Morgan fingerprint density at radius 1 is 1.29 bits per heavy atom. The van der Waals surface area contributed by atoms with E-state index in [1.165, 1.54) is 13.0 Å². The fraction of sp³-hybridized carbons (Fsp3) is 0.700. The highest BCUT2D eigenvalue weighted by Crippen LogP contribution is 2.23. The molecule has 2 heterocycles. The highest BCUT2D eigenvalue weighted by Gasteiger charge is 2.25. The highest BCUT2D eigenvalue weighted by molar-refractivity contribution is 5.76. The molecular weight excluding hydrogens is 298 g/mol. The van der Waals surface area contributed by atoms with Gasteiger partial charge in [0.2, 0.25) is 5.91 Å². The molecule has 0 aliphatic carbocycles. The number of piperidine rings is 1. The third-order valence-electron chi connectivity index (χ3n) is 5.26. The normalized spacial score (nSPS) is 17.6. The quantitative estimate of drug-likeness (QED) is 0.728. The van der Waals surface area contributed by atoms with Crippen molar-refractivity contribution in [2.45, 2.75) is 65.5 Å². The predicted molar refractivity (Wildman–Crippen MR) is 98.6 cm³/mol. The molecule has 1 atom stereocenters. The van der Waals surface area contributed by atoms with Gasteiger partial charge in [0.15, 0.2) is 0 Å². The average molecular weight is 332 g/mol. The van der Waals surface area contributed by atoms with Crippen molar-refractivity contribution in [3.8, 4) is 0 Å². The Kier molecular flexibility index (Phi) is 7.70. The highest BCUT2D eigenvalue weighted by atomic mass is 16.2. The van der Waals surface area contributed by atoms with Gasteiger partial charge in [-0.25, -0.2) is 0 Å². The van der Waals surface area contributed by atoms with E-state index in [9.17, 15) is 4.79 Å². The number of aromatic nitrogens is 1. The minimum atomic E-state index is 0.283. The first kappa shape index (κ1) is 18.9. The van der Waals surface area contributed by atoms with Gasteiger partial charge in [0, 0.05) is 31.4 Å². The minimum Gasteiger partial charge on any atom is -0.336 e. The van der Waals surface area contributed by atoms with Crippen LogP contribution in [0.5, 0.6) is 0 Å². The Hall–Kier alpha value is -1.42. The fourth-order valence-corrected chi connectivity index (χ4v) is 3.49. The maximum Gasteiger partial charge on any atom is 0.223 e. The molecule has 1 aromatic rings. The zero-order chi connectivity index (χ0) is 17.4. The molecule has 4 heteroatoms. The maximum atomic E-state index is 12.9. The number of hydrogen-bond donors (Lipinski definition) is 0. The van der Waals surface area contributed by atoms with Crippen molar-refractivity contribution in [3.63, 3.8) is 0 Å². The van der Waals surface area contributed by atoms with Gasteiger partial charge >= 0.3 is 0 Å². The Morgan fingerprint density at radius 2 is 1.96 bits per heavy atom. The van der Waals surface area contributed by atoms with Crippen LogP contribution in [0.1, 0.15) is 58.4 Å². The van der Waals surface area contributed by atoms with Crippen molar-refractivity contribution >= 4 is 5.91 Å². The zero-order valence-electron chi connectivity index (χ0n) is 15.6. The first-order valence-electron chi connectivity index (χ1n) is 9.54. The molecule has 0 radical (unpaired) electrons. The van der Waals surface area contributed by atoms with Gasteiger partial charge in [0.05, 0.1) is 0 Å². The van der Waals surface area contributed by atoms with E-state index in [0.29, 0.717) is 24.8 Å². The summed E-state index contributed by atoms with van der Waals surface area (Å²) in [4.78, 5) is 21.6. The lowest BCUT2D eigenvalue weighted by molar-refractivity contribution is -0.135. The van der Waals surface area contributed by atoms with E-state index in [1.807, 2.05) is 12.1 Å². The summed E-state index contributed by atoms with van der Waals surface area (Å²) in [6, 6.07) is 4.29. The maximum absolute atomic E-state index is 12.9. The molecule has 2 rings (SSSR count). The smallest absolute Gasteiger partial charge is 0.223 e. The standard InChI is InChI=1S/C20H33N3O/c1-4-12-22-13-8-18(9-14-22)15-20(24)23(17(3)5-2)16-19-6-10-21-11-7-19/h6-7,10-11,17-18H,4-5,8-9,12-16H2,1-3H3. The molecule has 1 aliphatic rings. The lowest BCUT2D eigenvalue weighted by Crippen LogP contribution is -2.40. The van der Waals surface area contributed by atoms with Crippen LogP contribution in [0.15, 0.2) is 24.5 Å². The molecule has 1 fully saturated rings. The number of likely N-dealkylation sites (tertiary alicyclic amines) is 1. The number of carbonyl (C=O) groups excluding carboxylic acids is 1. The topological polar surface area (TPSA) is 36.4 Å². The first-order chi connectivity index (χ1) is 11.6. The van der Waals surface area contributed by atoms with Crippen LogP contribution in [-0.2, 0) is 11.3 Å². The summed E-state index contributed by atoms with van der Waals surface area (Å²) < 4.78 is 0. The van der Waals surface area contributed by atoms with Crippen molar-refractivity contribution in [2.24, 2.45) is 5.92 Å². The van der Waals surface area contributed by atoms with Gasteiger partial charge in [-0.2, -0.15) is 0 Å². The van der Waals surface area contributed by atoms with E-state index in [4.69, 9.17) is 0 Å². The van der Waals surface area contributed by atoms with Crippen LogP contribution >= 0.6 is 0 Å². The fourth-order valence-electron chi connectivity index (χ4n) is 3.49. The summed E-state index contributed by atoms with van der Waals surface area (Å²) in [5.74, 6) is 0.865. The summed E-state index contributed by atoms with van der Waals surface area (Å²) in [6.45, 7) is 10.7. The zero-order valence-corrected chi connectivity index (χ0v) is 15.6. The van der Waals surface area contributed by atoms with E-state index in [2.05, 4.69) is 35.6 Å². The molecule has 0 N–H and O–H groups in total. The Bertz CT molecular complexity index is 483. The van der Waals surface area contributed by atoms with E-state index >= 15 is 0 Å². The second-order valence-electron chi connectivity index (χ2n) is 7.12. The Morgan fingerprint density at radius 3 is 2.54 bits per heavy atom. The summed E-state index contributed by atoms with van der Waals surface area (Å²) in [5, 5.41) is 0. The predicted octanol–water partition coefficient (Wildman–Crippen LogP) is 3.72. The number of nitrogens with zero attached hydrogens (tertiary/aromatic N) is 3. The molecule has 0 spiro atoms. The van der Waals surface area contributed by atoms with Crippen LogP contribution in [0.25, 0.3) is 0 Å².